The number of nitrogens with zero attached hydrogens (tertiary/aromatic N) is 3. The Labute approximate surface area is 160 Å². The van der Waals surface area contributed by atoms with Crippen molar-refractivity contribution in [2.75, 3.05) is 7.11 Å². The summed E-state index contributed by atoms with van der Waals surface area (Å²) in [5.74, 6) is 0.0457. The number of nitrogens with one attached hydrogen (secondary N) is 2. The van der Waals surface area contributed by atoms with Crippen LogP contribution in [0.2, 0.25) is 5.02 Å². The number of nitriles is 1. The first-order valence-corrected chi connectivity index (χ1v) is 8.81. The molecule has 8 heteroatoms. The van der Waals surface area contributed by atoms with Gasteiger partial charge in [-0.1, -0.05) is 11.6 Å². The lowest BCUT2D eigenvalue weighted by molar-refractivity contribution is -0.122. The van der Waals surface area contributed by atoms with Crippen molar-refractivity contribution in [1.82, 2.24) is 20.3 Å². The number of carbonyl (C=O) groups excluding carboxylic acids is 1. The minimum atomic E-state index is -0.172. The van der Waals surface area contributed by atoms with Crippen molar-refractivity contribution in [3.63, 3.8) is 0 Å². The first kappa shape index (κ1) is 17.3. The van der Waals surface area contributed by atoms with E-state index in [1.165, 1.54) is 13.3 Å². The Kier molecular flexibility index (Phi) is 4.42. The van der Waals surface area contributed by atoms with Gasteiger partial charge in [0, 0.05) is 22.2 Å². The highest BCUT2D eigenvalue weighted by Gasteiger charge is 2.43. The summed E-state index contributed by atoms with van der Waals surface area (Å²) in [4.78, 5) is 23.8. The van der Waals surface area contributed by atoms with Gasteiger partial charge in [0.15, 0.2) is 0 Å². The van der Waals surface area contributed by atoms with Crippen LogP contribution in [0.25, 0.3) is 22.2 Å². The number of methoxy groups -OCH3 is 1. The van der Waals surface area contributed by atoms with Gasteiger partial charge in [0.1, 0.15) is 0 Å². The van der Waals surface area contributed by atoms with Crippen LogP contribution < -0.4 is 10.1 Å². The highest BCUT2D eigenvalue weighted by molar-refractivity contribution is 6.34. The van der Waals surface area contributed by atoms with Crippen molar-refractivity contribution in [2.24, 2.45) is 11.8 Å². The van der Waals surface area contributed by atoms with Crippen molar-refractivity contribution in [3.8, 4) is 23.2 Å². The first-order chi connectivity index (χ1) is 13.1. The van der Waals surface area contributed by atoms with E-state index in [4.69, 9.17) is 21.6 Å². The van der Waals surface area contributed by atoms with Crippen molar-refractivity contribution in [3.05, 3.63) is 41.3 Å². The Bertz CT molecular complexity index is 1050. The van der Waals surface area contributed by atoms with Crippen LogP contribution in [0.4, 0.5) is 0 Å². The van der Waals surface area contributed by atoms with Gasteiger partial charge in [-0.2, -0.15) is 5.26 Å². The number of hydrogen-bond acceptors (Lipinski definition) is 5. The van der Waals surface area contributed by atoms with Gasteiger partial charge in [-0.05, 0) is 24.6 Å². The molecule has 0 radical (unpaired) electrons. The molecule has 136 valence electrons. The summed E-state index contributed by atoms with van der Waals surface area (Å²) >= 11 is 6.42. The second-order valence-corrected chi connectivity index (χ2v) is 6.86. The molecule has 0 spiro atoms. The fraction of sp³-hybridized carbons (Fsp3) is 0.263. The normalized spacial score (nSPS) is 18.1. The monoisotopic (exact) mass is 381 g/mol. The lowest BCUT2D eigenvalue weighted by Crippen LogP contribution is -2.25. The Hall–Kier alpha value is -3.11. The van der Waals surface area contributed by atoms with Crippen molar-refractivity contribution >= 4 is 28.4 Å². The number of rotatable bonds is 5. The molecule has 0 aliphatic heterocycles. The molecule has 1 amide bonds. The second-order valence-electron chi connectivity index (χ2n) is 6.45. The van der Waals surface area contributed by atoms with Crippen LogP contribution in [0.1, 0.15) is 12.1 Å². The van der Waals surface area contributed by atoms with Gasteiger partial charge in [0.05, 0.1) is 54.7 Å². The van der Waals surface area contributed by atoms with E-state index >= 15 is 0 Å². The largest absolute Gasteiger partial charge is 0.480 e. The van der Waals surface area contributed by atoms with Crippen LogP contribution in [0.3, 0.4) is 0 Å². The summed E-state index contributed by atoms with van der Waals surface area (Å²) in [6.07, 6.45) is 3.80. The van der Waals surface area contributed by atoms with Crippen molar-refractivity contribution < 1.29 is 9.53 Å². The van der Waals surface area contributed by atoms with E-state index in [-0.39, 0.29) is 17.7 Å². The van der Waals surface area contributed by atoms with Gasteiger partial charge >= 0.3 is 0 Å². The zero-order valence-electron chi connectivity index (χ0n) is 14.5. The molecule has 0 bridgehead atoms. The Balaban J connectivity index is 1.54. The molecule has 3 aromatic rings. The molecular weight excluding hydrogens is 366 g/mol. The van der Waals surface area contributed by atoms with Gasteiger partial charge in [0.25, 0.3) is 0 Å². The summed E-state index contributed by atoms with van der Waals surface area (Å²) in [5, 5.41) is 13.2. The fourth-order valence-corrected chi connectivity index (χ4v) is 3.28. The number of H-pyrrole nitrogens is 1. The second kappa shape index (κ2) is 6.89. The maximum absolute atomic E-state index is 12.0. The Morgan fingerprint density at radius 2 is 2.26 bits per heavy atom. The molecule has 1 aliphatic rings. The van der Waals surface area contributed by atoms with Gasteiger partial charge in [0.2, 0.25) is 11.8 Å². The van der Waals surface area contributed by atoms with Crippen molar-refractivity contribution in [1.29, 1.82) is 5.26 Å². The molecule has 1 fully saturated rings. The third-order valence-corrected chi connectivity index (χ3v) is 4.94. The number of hydrogen-bond donors (Lipinski definition) is 2. The van der Waals surface area contributed by atoms with E-state index in [0.29, 0.717) is 29.6 Å². The third-order valence-electron chi connectivity index (χ3n) is 4.62. The quantitative estimate of drug-likeness (QED) is 0.706. The van der Waals surface area contributed by atoms with E-state index in [1.54, 1.807) is 6.20 Å². The summed E-state index contributed by atoms with van der Waals surface area (Å²) in [6.45, 7) is 0.372. The molecule has 2 heterocycles. The number of aromatic amines is 1. The molecular formula is C19H16ClN5O2. The number of benzene rings is 1. The lowest BCUT2D eigenvalue weighted by Gasteiger charge is -2.05. The predicted octanol–water partition coefficient (Wildman–Crippen LogP) is 3.06. The van der Waals surface area contributed by atoms with Crippen LogP contribution >= 0.6 is 11.6 Å². The molecule has 2 N–H and O–H groups in total. The molecule has 2 unspecified atom stereocenters. The smallest absolute Gasteiger partial charge is 0.232 e. The van der Waals surface area contributed by atoms with Crippen LogP contribution in [-0.4, -0.2) is 28.0 Å². The van der Waals surface area contributed by atoms with E-state index in [0.717, 1.165) is 22.2 Å². The van der Waals surface area contributed by atoms with Gasteiger partial charge in [-0.15, -0.1) is 0 Å². The molecule has 1 aromatic carbocycles. The van der Waals surface area contributed by atoms with E-state index in [9.17, 15) is 4.79 Å². The molecule has 1 aliphatic carbocycles. The van der Waals surface area contributed by atoms with Gasteiger partial charge in [-0.25, -0.2) is 9.97 Å². The van der Waals surface area contributed by atoms with Crippen LogP contribution in [0, 0.1) is 23.2 Å². The molecule has 1 saturated carbocycles. The van der Waals surface area contributed by atoms with E-state index in [2.05, 4.69) is 26.3 Å². The van der Waals surface area contributed by atoms with Crippen molar-refractivity contribution in [2.45, 2.75) is 13.0 Å². The number of ether oxygens (including phenoxy) is 1. The summed E-state index contributed by atoms with van der Waals surface area (Å²) in [6, 6.07) is 7.83. The number of aromatic nitrogens is 3. The topological polar surface area (TPSA) is 104 Å². The highest BCUT2D eigenvalue weighted by Crippen LogP contribution is 2.37. The predicted molar refractivity (Wildman–Crippen MR) is 99.9 cm³/mol. The Morgan fingerprint density at radius 1 is 1.41 bits per heavy atom. The SMILES string of the molecule is COc1cnc(-c2cc3[nH]c(CNC(=O)C4CC4C#N)cc3cc2Cl)cn1. The summed E-state index contributed by atoms with van der Waals surface area (Å²) in [5.41, 5.74) is 3.15. The molecule has 7 nitrogen and oxygen atoms in total. The Morgan fingerprint density at radius 3 is 2.93 bits per heavy atom. The molecule has 2 atom stereocenters. The summed E-state index contributed by atoms with van der Waals surface area (Å²) in [7, 11) is 1.53. The van der Waals surface area contributed by atoms with E-state index < -0.39 is 0 Å². The zero-order valence-corrected chi connectivity index (χ0v) is 15.2. The zero-order chi connectivity index (χ0) is 19.0. The first-order valence-electron chi connectivity index (χ1n) is 8.44. The number of amides is 1. The maximum Gasteiger partial charge on any atom is 0.232 e. The van der Waals surface area contributed by atoms with Crippen LogP contribution in [0.5, 0.6) is 5.88 Å². The fourth-order valence-electron chi connectivity index (χ4n) is 3.01. The van der Waals surface area contributed by atoms with Crippen LogP contribution in [-0.2, 0) is 11.3 Å². The maximum atomic E-state index is 12.0. The number of fused-ring (bicyclic) bond motifs is 1. The molecule has 0 saturated heterocycles. The molecule has 4 rings (SSSR count). The summed E-state index contributed by atoms with van der Waals surface area (Å²) < 4.78 is 5.02. The van der Waals surface area contributed by atoms with Gasteiger partial charge in [-0.3, -0.25) is 4.79 Å². The number of halogens is 1. The standard InChI is InChI=1S/C19H16ClN5O2/c1-27-18-9-22-17(8-23-18)14-5-16-10(4-15(14)20)2-12(25-16)7-24-19(26)13-3-11(13)6-21/h2,4-5,8-9,11,13,25H,3,7H2,1H3,(H,24,26). The highest BCUT2D eigenvalue weighted by atomic mass is 35.5. The average Bonchev–Trinajstić information content (AvgIpc) is 3.38. The minimum absolute atomic E-state index is 0.0764. The number of carbonyl (C=O) groups is 1. The molecule has 2 aromatic heterocycles. The average molecular weight is 382 g/mol. The van der Waals surface area contributed by atoms with E-state index in [1.807, 2.05) is 18.2 Å². The molecule has 27 heavy (non-hydrogen) atoms. The third kappa shape index (κ3) is 3.44. The lowest BCUT2D eigenvalue weighted by atomic mass is 10.1. The van der Waals surface area contributed by atoms with Crippen LogP contribution in [0.15, 0.2) is 30.6 Å². The van der Waals surface area contributed by atoms with Gasteiger partial charge < -0.3 is 15.0 Å². The minimum Gasteiger partial charge on any atom is -0.480 e.